The smallest absolute Gasteiger partial charge is 0.335 e. The number of aryl methyl sites for hydroxylation is 2. The van der Waals surface area contributed by atoms with Gasteiger partial charge < -0.3 is 14.6 Å². The molecule has 0 aliphatic carbocycles. The Bertz CT molecular complexity index is 1800. The topological polar surface area (TPSA) is 88.4 Å². The van der Waals surface area contributed by atoms with Crippen molar-refractivity contribution in [2.24, 2.45) is 4.99 Å². The molecular formula is C34H28Cl2N2O5S. The van der Waals surface area contributed by atoms with Crippen molar-refractivity contribution in [2.45, 2.75) is 27.4 Å². The fraction of sp³-hybridized carbons (Fsp3) is 0.147. The van der Waals surface area contributed by atoms with Crippen molar-refractivity contribution in [2.75, 3.05) is 11.5 Å². The summed E-state index contributed by atoms with van der Waals surface area (Å²) in [5.41, 5.74) is 4.82. The maximum Gasteiger partial charge on any atom is 0.335 e. The molecule has 4 aromatic carbocycles. The molecule has 4 aromatic rings. The maximum atomic E-state index is 13.8. The van der Waals surface area contributed by atoms with E-state index in [-0.39, 0.29) is 18.1 Å². The standard InChI is InChI=1S/C34H28Cl2N2O5S/c1-4-42-30-15-23(9-14-29(30)43-19-22-7-10-24(11-8-22)33(40)41)16-31-32(39)38(26-13-6-21(3)28(36)18-26)34(44-31)37-25-12-5-20(2)27(35)17-25/h5-18H,4,19H2,1-3H3,(H,40,41)/b31-16+,37-34?. The number of hydrogen-bond acceptors (Lipinski definition) is 6. The second-order valence-corrected chi connectivity index (χ2v) is 11.8. The highest BCUT2D eigenvalue weighted by Gasteiger charge is 2.35. The second-order valence-electron chi connectivity index (χ2n) is 9.94. The summed E-state index contributed by atoms with van der Waals surface area (Å²) in [7, 11) is 0. The number of ether oxygens (including phenoxy) is 2. The van der Waals surface area contributed by atoms with Crippen LogP contribution in [0.1, 0.15) is 39.5 Å². The molecule has 44 heavy (non-hydrogen) atoms. The van der Waals surface area contributed by atoms with Crippen LogP contribution in [-0.2, 0) is 11.4 Å². The van der Waals surface area contributed by atoms with Crippen LogP contribution in [-0.4, -0.2) is 28.8 Å². The van der Waals surface area contributed by atoms with Crippen LogP contribution in [0.2, 0.25) is 10.0 Å². The first-order valence-corrected chi connectivity index (χ1v) is 15.3. The van der Waals surface area contributed by atoms with Crippen molar-refractivity contribution < 1.29 is 24.2 Å². The lowest BCUT2D eigenvalue weighted by Crippen LogP contribution is -2.28. The minimum Gasteiger partial charge on any atom is -0.490 e. The van der Waals surface area contributed by atoms with E-state index in [1.54, 1.807) is 41.3 Å². The third-order valence-electron chi connectivity index (χ3n) is 6.76. The number of benzene rings is 4. The predicted molar refractivity (Wildman–Crippen MR) is 178 cm³/mol. The molecule has 1 saturated heterocycles. The second kappa shape index (κ2) is 13.6. The van der Waals surface area contributed by atoms with Gasteiger partial charge in [-0.25, -0.2) is 9.79 Å². The van der Waals surface area contributed by atoms with Gasteiger partial charge in [0.2, 0.25) is 0 Å². The first-order chi connectivity index (χ1) is 21.1. The monoisotopic (exact) mass is 646 g/mol. The average molecular weight is 648 g/mol. The van der Waals surface area contributed by atoms with Gasteiger partial charge in [0.05, 0.1) is 28.5 Å². The van der Waals surface area contributed by atoms with Gasteiger partial charge in [0.25, 0.3) is 5.91 Å². The zero-order valence-electron chi connectivity index (χ0n) is 24.1. The molecule has 1 heterocycles. The van der Waals surface area contributed by atoms with E-state index in [1.165, 1.54) is 23.9 Å². The quantitative estimate of drug-likeness (QED) is 0.182. The van der Waals surface area contributed by atoms with E-state index in [9.17, 15) is 9.59 Å². The third-order valence-corrected chi connectivity index (χ3v) is 8.54. The lowest BCUT2D eigenvalue weighted by molar-refractivity contribution is -0.113. The molecule has 0 spiro atoms. The molecule has 0 bridgehead atoms. The summed E-state index contributed by atoms with van der Waals surface area (Å²) in [6.45, 7) is 6.33. The van der Waals surface area contributed by atoms with E-state index in [0.717, 1.165) is 22.3 Å². The van der Waals surface area contributed by atoms with E-state index in [0.29, 0.717) is 49.6 Å². The molecular weight excluding hydrogens is 619 g/mol. The van der Waals surface area contributed by atoms with Gasteiger partial charge in [-0.1, -0.05) is 53.5 Å². The number of carbonyl (C=O) groups is 2. The van der Waals surface area contributed by atoms with E-state index in [1.807, 2.05) is 57.2 Å². The molecule has 0 saturated carbocycles. The van der Waals surface area contributed by atoms with Crippen LogP contribution in [0.5, 0.6) is 11.5 Å². The number of anilines is 1. The van der Waals surface area contributed by atoms with E-state index < -0.39 is 5.97 Å². The highest BCUT2D eigenvalue weighted by atomic mass is 35.5. The molecule has 7 nitrogen and oxygen atoms in total. The van der Waals surface area contributed by atoms with Crippen molar-refractivity contribution >= 4 is 69.5 Å². The number of amides is 1. The number of carboxylic acids is 1. The van der Waals surface area contributed by atoms with Gasteiger partial charge in [-0.3, -0.25) is 9.69 Å². The molecule has 0 aromatic heterocycles. The first-order valence-electron chi connectivity index (χ1n) is 13.7. The lowest BCUT2D eigenvalue weighted by Gasteiger charge is -2.16. The number of amidine groups is 1. The van der Waals surface area contributed by atoms with E-state index in [4.69, 9.17) is 42.8 Å². The fourth-order valence-electron chi connectivity index (χ4n) is 4.32. The first kappa shape index (κ1) is 31.2. The third kappa shape index (κ3) is 7.10. The molecule has 0 radical (unpaired) electrons. The van der Waals surface area contributed by atoms with Crippen LogP contribution < -0.4 is 14.4 Å². The number of thioether (sulfide) groups is 1. The molecule has 224 valence electrons. The van der Waals surface area contributed by atoms with Crippen LogP contribution in [0, 0.1) is 13.8 Å². The summed E-state index contributed by atoms with van der Waals surface area (Å²) in [4.78, 5) is 31.7. The molecule has 10 heteroatoms. The normalized spacial score (nSPS) is 14.8. The minimum atomic E-state index is -0.983. The zero-order chi connectivity index (χ0) is 31.4. The summed E-state index contributed by atoms with van der Waals surface area (Å²) in [5, 5.41) is 10.7. The van der Waals surface area contributed by atoms with Crippen LogP contribution in [0.4, 0.5) is 11.4 Å². The van der Waals surface area contributed by atoms with Gasteiger partial charge in [-0.05, 0) is 109 Å². The van der Waals surface area contributed by atoms with Crippen molar-refractivity contribution in [1.82, 2.24) is 0 Å². The maximum absolute atomic E-state index is 13.8. The number of nitrogens with zero attached hydrogens (tertiary/aromatic N) is 2. The van der Waals surface area contributed by atoms with Crippen molar-refractivity contribution in [3.63, 3.8) is 0 Å². The van der Waals surface area contributed by atoms with Crippen molar-refractivity contribution in [3.8, 4) is 11.5 Å². The largest absolute Gasteiger partial charge is 0.490 e. The van der Waals surface area contributed by atoms with Crippen LogP contribution in [0.25, 0.3) is 6.08 Å². The van der Waals surface area contributed by atoms with Gasteiger partial charge in [0, 0.05) is 10.0 Å². The zero-order valence-corrected chi connectivity index (χ0v) is 26.5. The highest BCUT2D eigenvalue weighted by Crippen LogP contribution is 2.40. The summed E-state index contributed by atoms with van der Waals surface area (Å²) in [6, 6.07) is 22.9. The van der Waals surface area contributed by atoms with Gasteiger partial charge in [0.15, 0.2) is 16.7 Å². The average Bonchev–Trinajstić information content (AvgIpc) is 3.30. The SMILES string of the molecule is CCOc1cc(/C=C2/SC(=Nc3ccc(C)c(Cl)c3)N(c3ccc(C)c(Cl)c3)C2=O)ccc1OCc1ccc(C(=O)O)cc1. The number of rotatable bonds is 9. The number of aromatic carboxylic acids is 1. The Labute approximate surface area is 269 Å². The number of halogens is 2. The molecule has 1 amide bonds. The van der Waals surface area contributed by atoms with Gasteiger partial charge >= 0.3 is 5.97 Å². The van der Waals surface area contributed by atoms with Crippen molar-refractivity contribution in [3.05, 3.63) is 122 Å². The summed E-state index contributed by atoms with van der Waals surface area (Å²) < 4.78 is 11.9. The Morgan fingerprint density at radius 2 is 1.61 bits per heavy atom. The Morgan fingerprint density at radius 3 is 2.27 bits per heavy atom. The Kier molecular flexibility index (Phi) is 9.64. The highest BCUT2D eigenvalue weighted by molar-refractivity contribution is 8.19. The van der Waals surface area contributed by atoms with Crippen LogP contribution in [0.15, 0.2) is 88.8 Å². The molecule has 0 atom stereocenters. The number of aliphatic imine (C=N–C) groups is 1. The fourth-order valence-corrected chi connectivity index (χ4v) is 5.67. The van der Waals surface area contributed by atoms with Crippen LogP contribution >= 0.6 is 35.0 Å². The van der Waals surface area contributed by atoms with E-state index in [2.05, 4.69) is 0 Å². The lowest BCUT2D eigenvalue weighted by atomic mass is 10.1. The predicted octanol–water partition coefficient (Wildman–Crippen LogP) is 9.09. The molecule has 1 aliphatic heterocycles. The molecule has 0 unspecified atom stereocenters. The molecule has 1 aliphatic rings. The summed E-state index contributed by atoms with van der Waals surface area (Å²) in [6.07, 6.45) is 1.79. The molecule has 5 rings (SSSR count). The Hall–Kier alpha value is -4.24. The van der Waals surface area contributed by atoms with Crippen molar-refractivity contribution in [1.29, 1.82) is 0 Å². The van der Waals surface area contributed by atoms with Gasteiger partial charge in [-0.15, -0.1) is 0 Å². The Balaban J connectivity index is 1.45. The number of carboxylic acid groups (broad SMARTS) is 1. The van der Waals surface area contributed by atoms with Crippen LogP contribution in [0.3, 0.4) is 0 Å². The van der Waals surface area contributed by atoms with E-state index >= 15 is 0 Å². The van der Waals surface area contributed by atoms with Gasteiger partial charge in [0.1, 0.15) is 6.61 Å². The summed E-state index contributed by atoms with van der Waals surface area (Å²) >= 11 is 14.0. The molecule has 1 N–H and O–H groups in total. The Morgan fingerprint density at radius 1 is 0.909 bits per heavy atom. The minimum absolute atomic E-state index is 0.209. The van der Waals surface area contributed by atoms with Gasteiger partial charge in [-0.2, -0.15) is 0 Å². The number of hydrogen-bond donors (Lipinski definition) is 1. The molecule has 1 fully saturated rings. The summed E-state index contributed by atoms with van der Waals surface area (Å²) in [5.74, 6) is -0.181. The number of carbonyl (C=O) groups excluding carboxylic acids is 1.